The molecule has 4 nitrogen and oxygen atoms in total. The van der Waals surface area contributed by atoms with Gasteiger partial charge in [0.2, 0.25) is 5.90 Å². The largest absolute Gasteiger partial charge is 0.474 e. The van der Waals surface area contributed by atoms with E-state index < -0.39 is 0 Å². The van der Waals surface area contributed by atoms with Crippen LogP contribution in [-0.2, 0) is 4.74 Å². The lowest BCUT2D eigenvalue weighted by molar-refractivity contribution is 0.153. The molecule has 3 N–H and O–H groups in total. The molecular weight excluding hydrogens is 142 g/mol. The first kappa shape index (κ1) is 8.20. The van der Waals surface area contributed by atoms with Crippen molar-refractivity contribution in [3.63, 3.8) is 0 Å². The van der Waals surface area contributed by atoms with E-state index in [4.69, 9.17) is 15.6 Å². The van der Waals surface area contributed by atoms with Crippen LogP contribution in [0.25, 0.3) is 0 Å². The second-order valence-electron chi connectivity index (χ2n) is 2.58. The Balaban J connectivity index is 2.24. The van der Waals surface area contributed by atoms with Gasteiger partial charge in [-0.2, -0.15) is 0 Å². The third-order valence-electron chi connectivity index (χ3n) is 1.71. The summed E-state index contributed by atoms with van der Waals surface area (Å²) in [6.07, 6.45) is 2.96. The lowest BCUT2D eigenvalue weighted by Gasteiger charge is -2.22. The summed E-state index contributed by atoms with van der Waals surface area (Å²) in [6, 6.07) is 0. The molecule has 1 rings (SSSR count). The molecule has 0 atom stereocenters. The summed E-state index contributed by atoms with van der Waals surface area (Å²) < 4.78 is 5.14. The molecule has 0 saturated carbocycles. The van der Waals surface area contributed by atoms with Gasteiger partial charge in [-0.05, 0) is 25.9 Å². The van der Waals surface area contributed by atoms with Gasteiger partial charge in [0.15, 0.2) is 0 Å². The van der Waals surface area contributed by atoms with Crippen LogP contribution in [0.4, 0.5) is 0 Å². The Morgan fingerprint density at radius 2 is 2.09 bits per heavy atom. The first-order valence-corrected chi connectivity index (χ1v) is 3.79. The van der Waals surface area contributed by atoms with Gasteiger partial charge in [-0.15, -0.1) is 0 Å². The van der Waals surface area contributed by atoms with Crippen LogP contribution >= 0.6 is 0 Å². The molecule has 0 unspecified atom stereocenters. The molecule has 0 bridgehead atoms. The zero-order valence-corrected chi connectivity index (χ0v) is 6.39. The number of hydrogen-bond acceptors (Lipinski definition) is 4. The maximum Gasteiger partial charge on any atom is 0.224 e. The topological polar surface area (TPSA) is 69.0 Å². The molecule has 0 aliphatic carbocycles. The van der Waals surface area contributed by atoms with Crippen molar-refractivity contribution in [2.45, 2.75) is 18.9 Å². The Hall–Kier alpha value is -0.900. The van der Waals surface area contributed by atoms with Crippen molar-refractivity contribution in [3.8, 4) is 0 Å². The number of hydrogen-bond donors (Lipinski definition) is 3. The van der Waals surface area contributed by atoms with Gasteiger partial charge in [0, 0.05) is 0 Å². The summed E-state index contributed by atoms with van der Waals surface area (Å²) in [5.74, 6) is -0.0306. The van der Waals surface area contributed by atoms with Crippen LogP contribution in [0.1, 0.15) is 12.8 Å². The van der Waals surface area contributed by atoms with Gasteiger partial charge in [0.25, 0.3) is 0 Å². The number of rotatable bonds is 2. The van der Waals surface area contributed by atoms with Gasteiger partial charge in [-0.1, -0.05) is 0 Å². The molecule has 1 saturated heterocycles. The molecule has 0 radical (unpaired) electrons. The summed E-state index contributed by atoms with van der Waals surface area (Å²) in [5, 5.41) is 17.0. The highest BCUT2D eigenvalue weighted by Crippen LogP contribution is 2.06. The fraction of sp³-hybridized carbons (Fsp3) is 0.714. The van der Waals surface area contributed by atoms with E-state index >= 15 is 0 Å². The van der Waals surface area contributed by atoms with E-state index in [2.05, 4.69) is 5.32 Å². The van der Waals surface area contributed by atoms with Crippen LogP contribution in [0.15, 0.2) is 0 Å². The molecule has 4 heteroatoms. The molecule has 0 aromatic heterocycles. The second kappa shape index (κ2) is 4.08. The molecule has 0 aromatic rings. The molecule has 1 heterocycles. The SMILES string of the molecule is N=CC(=N)OC1CCNCC1. The third-order valence-corrected chi connectivity index (χ3v) is 1.71. The van der Waals surface area contributed by atoms with E-state index in [1.807, 2.05) is 0 Å². The smallest absolute Gasteiger partial charge is 0.224 e. The first-order valence-electron chi connectivity index (χ1n) is 3.79. The van der Waals surface area contributed by atoms with Crippen LogP contribution in [0.2, 0.25) is 0 Å². The molecule has 0 amide bonds. The van der Waals surface area contributed by atoms with Gasteiger partial charge in [-0.3, -0.25) is 5.41 Å². The van der Waals surface area contributed by atoms with Crippen LogP contribution < -0.4 is 5.32 Å². The highest BCUT2D eigenvalue weighted by molar-refractivity contribution is 6.23. The Kier molecular flexibility index (Phi) is 3.04. The quantitative estimate of drug-likeness (QED) is 0.398. The summed E-state index contributed by atoms with van der Waals surface area (Å²) in [7, 11) is 0. The molecular formula is C7H13N3O. The van der Waals surface area contributed by atoms with Crippen molar-refractivity contribution < 1.29 is 4.74 Å². The highest BCUT2D eigenvalue weighted by Gasteiger charge is 2.14. The normalized spacial score (nSPS) is 19.3. The number of ether oxygens (including phenoxy) is 1. The van der Waals surface area contributed by atoms with E-state index in [0.717, 1.165) is 32.1 Å². The standard InChI is InChI=1S/C7H13N3O/c8-5-7(9)11-6-1-3-10-4-2-6/h5-6,8-10H,1-4H2. The van der Waals surface area contributed by atoms with Gasteiger partial charge >= 0.3 is 0 Å². The van der Waals surface area contributed by atoms with Crippen molar-refractivity contribution in [2.24, 2.45) is 0 Å². The Labute approximate surface area is 66.0 Å². The van der Waals surface area contributed by atoms with Gasteiger partial charge in [0.05, 0.1) is 6.21 Å². The van der Waals surface area contributed by atoms with Crippen molar-refractivity contribution in [1.82, 2.24) is 5.32 Å². The Morgan fingerprint density at radius 3 is 2.64 bits per heavy atom. The molecule has 0 spiro atoms. The van der Waals surface area contributed by atoms with E-state index in [1.54, 1.807) is 0 Å². The summed E-state index contributed by atoms with van der Waals surface area (Å²) in [4.78, 5) is 0. The third kappa shape index (κ3) is 2.67. The minimum atomic E-state index is -0.0306. The minimum Gasteiger partial charge on any atom is -0.474 e. The van der Waals surface area contributed by atoms with Crippen LogP contribution in [-0.4, -0.2) is 31.3 Å². The summed E-state index contributed by atoms with van der Waals surface area (Å²) >= 11 is 0. The molecule has 0 aromatic carbocycles. The lowest BCUT2D eigenvalue weighted by Crippen LogP contribution is -2.33. The average Bonchev–Trinajstić information content (AvgIpc) is 2.06. The van der Waals surface area contributed by atoms with Crippen molar-refractivity contribution >= 4 is 12.1 Å². The predicted molar refractivity (Wildman–Crippen MR) is 43.5 cm³/mol. The number of nitrogens with one attached hydrogen (secondary N) is 3. The molecule has 1 aliphatic heterocycles. The maximum absolute atomic E-state index is 7.09. The van der Waals surface area contributed by atoms with Crippen LogP contribution in [0.5, 0.6) is 0 Å². The maximum atomic E-state index is 7.09. The fourth-order valence-corrected chi connectivity index (χ4v) is 1.13. The molecule has 1 aliphatic rings. The summed E-state index contributed by atoms with van der Waals surface area (Å²) in [5.41, 5.74) is 0. The number of piperidine rings is 1. The average molecular weight is 155 g/mol. The molecule has 1 fully saturated rings. The van der Waals surface area contributed by atoms with Gasteiger partial charge in [0.1, 0.15) is 6.10 Å². The zero-order chi connectivity index (χ0) is 8.10. The van der Waals surface area contributed by atoms with Crippen molar-refractivity contribution in [2.75, 3.05) is 13.1 Å². The van der Waals surface area contributed by atoms with Gasteiger partial charge in [-0.25, -0.2) is 0 Å². The highest BCUT2D eigenvalue weighted by atomic mass is 16.5. The summed E-state index contributed by atoms with van der Waals surface area (Å²) in [6.45, 7) is 1.91. The van der Waals surface area contributed by atoms with Crippen molar-refractivity contribution in [1.29, 1.82) is 10.8 Å². The van der Waals surface area contributed by atoms with E-state index in [-0.39, 0.29) is 12.0 Å². The van der Waals surface area contributed by atoms with E-state index in [1.165, 1.54) is 0 Å². The molecule has 62 valence electrons. The molecule has 11 heavy (non-hydrogen) atoms. The predicted octanol–water partition coefficient (Wildman–Crippen LogP) is 0.382. The fourth-order valence-electron chi connectivity index (χ4n) is 1.13. The van der Waals surface area contributed by atoms with Crippen molar-refractivity contribution in [3.05, 3.63) is 0 Å². The van der Waals surface area contributed by atoms with Gasteiger partial charge < -0.3 is 15.5 Å². The first-order chi connectivity index (χ1) is 5.33. The van der Waals surface area contributed by atoms with E-state index in [0.29, 0.717) is 0 Å². The zero-order valence-electron chi connectivity index (χ0n) is 6.39. The Bertz CT molecular complexity index is 152. The van der Waals surface area contributed by atoms with Crippen LogP contribution in [0, 0.1) is 10.8 Å². The second-order valence-corrected chi connectivity index (χ2v) is 2.58. The lowest BCUT2D eigenvalue weighted by atomic mass is 10.1. The van der Waals surface area contributed by atoms with Crippen LogP contribution in [0.3, 0.4) is 0 Å². The monoisotopic (exact) mass is 155 g/mol. The minimum absolute atomic E-state index is 0.0306. The van der Waals surface area contributed by atoms with E-state index in [9.17, 15) is 0 Å². The Morgan fingerprint density at radius 1 is 1.45 bits per heavy atom.